The van der Waals surface area contributed by atoms with E-state index in [0.29, 0.717) is 6.54 Å². The van der Waals surface area contributed by atoms with Crippen LogP contribution in [0.2, 0.25) is 0 Å². The molecule has 0 aliphatic heterocycles. The van der Waals surface area contributed by atoms with E-state index in [1.165, 1.54) is 24.5 Å². The summed E-state index contributed by atoms with van der Waals surface area (Å²) in [6, 6.07) is 1.81. The average molecular weight is 269 g/mol. The molecule has 18 heavy (non-hydrogen) atoms. The first-order chi connectivity index (χ1) is 8.54. The van der Waals surface area contributed by atoms with Crippen LogP contribution in [0.1, 0.15) is 17.4 Å². The number of rotatable bonds is 6. The molecule has 0 aliphatic rings. The zero-order valence-corrected chi connectivity index (χ0v) is 11.0. The lowest BCUT2D eigenvalue weighted by molar-refractivity contribution is -0.131. The molecular weight excluding hydrogens is 254 g/mol. The van der Waals surface area contributed by atoms with Crippen LogP contribution in [0.3, 0.4) is 0 Å². The minimum Gasteiger partial charge on any atom is -0.478 e. The van der Waals surface area contributed by atoms with Gasteiger partial charge in [-0.2, -0.15) is 0 Å². The number of thiophene rings is 1. The zero-order valence-electron chi connectivity index (χ0n) is 10.2. The number of aliphatic carboxylic acids is 1. The SMILES string of the molecule is COC(C)C(=O)NCc1sccc1/C=C/C(=O)O. The third kappa shape index (κ3) is 4.31. The molecule has 5 nitrogen and oxygen atoms in total. The van der Waals surface area contributed by atoms with Gasteiger partial charge in [-0.1, -0.05) is 0 Å². The van der Waals surface area contributed by atoms with E-state index >= 15 is 0 Å². The lowest BCUT2D eigenvalue weighted by Crippen LogP contribution is -2.33. The highest BCUT2D eigenvalue weighted by molar-refractivity contribution is 7.10. The van der Waals surface area contributed by atoms with E-state index in [0.717, 1.165) is 16.5 Å². The molecule has 1 atom stereocenters. The summed E-state index contributed by atoms with van der Waals surface area (Å²) in [4.78, 5) is 22.8. The van der Waals surface area contributed by atoms with Gasteiger partial charge in [0.2, 0.25) is 5.91 Å². The van der Waals surface area contributed by atoms with Gasteiger partial charge in [0.05, 0.1) is 6.54 Å². The van der Waals surface area contributed by atoms with Crippen molar-refractivity contribution >= 4 is 29.3 Å². The second-order valence-electron chi connectivity index (χ2n) is 3.57. The third-order valence-electron chi connectivity index (χ3n) is 2.33. The fourth-order valence-electron chi connectivity index (χ4n) is 1.22. The highest BCUT2D eigenvalue weighted by Crippen LogP contribution is 2.18. The van der Waals surface area contributed by atoms with Crippen molar-refractivity contribution < 1.29 is 19.4 Å². The number of hydrogen-bond donors (Lipinski definition) is 2. The van der Waals surface area contributed by atoms with Crippen LogP contribution in [0.4, 0.5) is 0 Å². The molecule has 98 valence electrons. The van der Waals surface area contributed by atoms with E-state index < -0.39 is 12.1 Å². The lowest BCUT2D eigenvalue weighted by atomic mass is 10.2. The van der Waals surface area contributed by atoms with Gasteiger partial charge < -0.3 is 15.2 Å². The van der Waals surface area contributed by atoms with Crippen molar-refractivity contribution in [2.45, 2.75) is 19.6 Å². The Morgan fingerprint density at radius 3 is 2.94 bits per heavy atom. The molecule has 1 rings (SSSR count). The second kappa shape index (κ2) is 6.93. The van der Waals surface area contributed by atoms with Crippen LogP contribution in [0.5, 0.6) is 0 Å². The maximum absolute atomic E-state index is 11.5. The molecule has 1 amide bonds. The fraction of sp³-hybridized carbons (Fsp3) is 0.333. The standard InChI is InChI=1S/C12H15NO4S/c1-8(17-2)12(16)13-7-10-9(5-6-18-10)3-4-11(14)15/h3-6,8H,7H2,1-2H3,(H,13,16)(H,14,15)/b4-3+. The molecule has 0 aliphatic carbocycles. The van der Waals surface area contributed by atoms with E-state index in [2.05, 4.69) is 5.32 Å². The van der Waals surface area contributed by atoms with Crippen LogP contribution in [0.25, 0.3) is 6.08 Å². The van der Waals surface area contributed by atoms with Crippen LogP contribution in [-0.2, 0) is 20.9 Å². The summed E-state index contributed by atoms with van der Waals surface area (Å²) in [6.45, 7) is 2.03. The summed E-state index contributed by atoms with van der Waals surface area (Å²) in [5, 5.41) is 13.1. The van der Waals surface area contributed by atoms with Gasteiger partial charge in [0.1, 0.15) is 6.10 Å². The first-order valence-corrected chi connectivity index (χ1v) is 6.20. The van der Waals surface area contributed by atoms with Crippen molar-refractivity contribution in [1.29, 1.82) is 0 Å². The maximum Gasteiger partial charge on any atom is 0.328 e. The van der Waals surface area contributed by atoms with Crippen LogP contribution in [0.15, 0.2) is 17.5 Å². The molecule has 2 N–H and O–H groups in total. The summed E-state index contributed by atoms with van der Waals surface area (Å²) in [7, 11) is 1.47. The van der Waals surface area contributed by atoms with Crippen molar-refractivity contribution in [3.8, 4) is 0 Å². The molecule has 0 radical (unpaired) electrons. The first-order valence-electron chi connectivity index (χ1n) is 5.32. The Labute approximate surface area is 109 Å². The lowest BCUT2D eigenvalue weighted by Gasteiger charge is -2.09. The quantitative estimate of drug-likeness (QED) is 0.767. The number of carboxylic acid groups (broad SMARTS) is 1. The van der Waals surface area contributed by atoms with Crippen molar-refractivity contribution in [3.63, 3.8) is 0 Å². The largest absolute Gasteiger partial charge is 0.478 e. The van der Waals surface area contributed by atoms with Crippen molar-refractivity contribution in [1.82, 2.24) is 5.32 Å². The number of hydrogen-bond acceptors (Lipinski definition) is 4. The highest BCUT2D eigenvalue weighted by Gasteiger charge is 2.11. The Morgan fingerprint density at radius 2 is 2.33 bits per heavy atom. The monoisotopic (exact) mass is 269 g/mol. The van der Waals surface area contributed by atoms with Crippen molar-refractivity contribution in [2.75, 3.05) is 7.11 Å². The molecule has 6 heteroatoms. The Balaban J connectivity index is 2.61. The van der Waals surface area contributed by atoms with Crippen LogP contribution in [-0.4, -0.2) is 30.2 Å². The molecule has 1 unspecified atom stereocenters. The van der Waals surface area contributed by atoms with Crippen molar-refractivity contribution in [3.05, 3.63) is 28.0 Å². The molecule has 0 saturated carbocycles. The molecule has 0 bridgehead atoms. The maximum atomic E-state index is 11.5. The third-order valence-corrected chi connectivity index (χ3v) is 3.27. The molecule has 1 aromatic heterocycles. The van der Waals surface area contributed by atoms with Crippen LogP contribution >= 0.6 is 11.3 Å². The van der Waals surface area contributed by atoms with E-state index in [4.69, 9.17) is 9.84 Å². The number of carbonyl (C=O) groups is 2. The average Bonchev–Trinajstić information content (AvgIpc) is 2.79. The Kier molecular flexibility index (Phi) is 5.54. The van der Waals surface area contributed by atoms with E-state index in [1.54, 1.807) is 6.92 Å². The molecular formula is C12H15NO4S. The van der Waals surface area contributed by atoms with Gasteiger partial charge in [0, 0.05) is 18.1 Å². The van der Waals surface area contributed by atoms with Crippen LogP contribution in [0, 0.1) is 0 Å². The summed E-state index contributed by atoms with van der Waals surface area (Å²) in [6.07, 6.45) is 2.09. The van der Waals surface area contributed by atoms with E-state index in [9.17, 15) is 9.59 Å². The number of ether oxygens (including phenoxy) is 1. The number of nitrogens with one attached hydrogen (secondary N) is 1. The fourth-order valence-corrected chi connectivity index (χ4v) is 2.03. The Hall–Kier alpha value is -1.66. The molecule has 0 aromatic carbocycles. The number of amides is 1. The zero-order chi connectivity index (χ0) is 13.5. The molecule has 1 aromatic rings. The van der Waals surface area contributed by atoms with Gasteiger partial charge in [-0.25, -0.2) is 4.79 Å². The normalized spacial score (nSPS) is 12.6. The summed E-state index contributed by atoms with van der Waals surface area (Å²) in [5.74, 6) is -1.19. The molecule has 0 saturated heterocycles. The summed E-state index contributed by atoms with van der Waals surface area (Å²) in [5.41, 5.74) is 0.799. The topological polar surface area (TPSA) is 75.6 Å². The van der Waals surface area contributed by atoms with Gasteiger partial charge in [0.15, 0.2) is 0 Å². The molecule has 0 fully saturated rings. The van der Waals surface area contributed by atoms with Gasteiger partial charge >= 0.3 is 5.97 Å². The number of carboxylic acids is 1. The number of carbonyl (C=O) groups excluding carboxylic acids is 1. The minimum absolute atomic E-state index is 0.195. The van der Waals surface area contributed by atoms with Gasteiger partial charge in [-0.15, -0.1) is 11.3 Å². The minimum atomic E-state index is -0.996. The summed E-state index contributed by atoms with van der Waals surface area (Å²) < 4.78 is 4.89. The first kappa shape index (κ1) is 14.4. The van der Waals surface area contributed by atoms with Gasteiger partial charge in [-0.05, 0) is 30.0 Å². The predicted octanol–water partition coefficient (Wildman–Crippen LogP) is 1.50. The predicted molar refractivity (Wildman–Crippen MR) is 69.3 cm³/mol. The number of methoxy groups -OCH3 is 1. The molecule has 1 heterocycles. The molecule has 0 spiro atoms. The second-order valence-corrected chi connectivity index (χ2v) is 4.57. The smallest absolute Gasteiger partial charge is 0.328 e. The van der Waals surface area contributed by atoms with Gasteiger partial charge in [-0.3, -0.25) is 4.79 Å². The van der Waals surface area contributed by atoms with Gasteiger partial charge in [0.25, 0.3) is 0 Å². The van der Waals surface area contributed by atoms with E-state index in [1.807, 2.05) is 11.4 Å². The van der Waals surface area contributed by atoms with Crippen molar-refractivity contribution in [2.24, 2.45) is 0 Å². The Morgan fingerprint density at radius 1 is 1.61 bits per heavy atom. The van der Waals surface area contributed by atoms with E-state index in [-0.39, 0.29) is 5.91 Å². The van der Waals surface area contributed by atoms with Crippen LogP contribution < -0.4 is 5.32 Å². The highest BCUT2D eigenvalue weighted by atomic mass is 32.1. The Bertz CT molecular complexity index is 453. The summed E-state index contributed by atoms with van der Waals surface area (Å²) >= 11 is 1.46.